The summed E-state index contributed by atoms with van der Waals surface area (Å²) in [4.78, 5) is 0. The Hall–Kier alpha value is -1.09. The second-order valence-corrected chi connectivity index (χ2v) is 3.70. The van der Waals surface area contributed by atoms with Crippen molar-refractivity contribution in [1.82, 2.24) is 0 Å². The van der Waals surface area contributed by atoms with Gasteiger partial charge in [-0.1, -0.05) is 32.0 Å². The molecule has 0 aromatic heterocycles. The molecule has 0 aliphatic carbocycles. The zero-order valence-corrected chi connectivity index (χ0v) is 9.21. The molecule has 3 heteroatoms. The molecule has 2 nitrogen and oxygen atoms in total. The zero-order chi connectivity index (χ0) is 10.4. The van der Waals surface area contributed by atoms with E-state index < -0.39 is 0 Å². The monoisotopic (exact) mass is 210 g/mol. The first-order valence-electron chi connectivity index (χ1n) is 4.58. The van der Waals surface area contributed by atoms with Crippen LogP contribution in [0.4, 0.5) is 0 Å². The normalized spacial score (nSPS) is 9.93. The highest BCUT2D eigenvalue weighted by Crippen LogP contribution is 2.09. The van der Waals surface area contributed by atoms with Crippen LogP contribution in [0.1, 0.15) is 13.8 Å². The van der Waals surface area contributed by atoms with Crippen LogP contribution >= 0.6 is 12.2 Å². The number of benzene rings is 1. The molecule has 1 aromatic rings. The molecule has 0 radical (unpaired) electrons. The van der Waals surface area contributed by atoms with E-state index in [2.05, 4.69) is 13.8 Å². The molecular formula is C11H14O2S. The lowest BCUT2D eigenvalue weighted by molar-refractivity contribution is 0.215. The lowest BCUT2D eigenvalue weighted by Crippen LogP contribution is -2.13. The number of rotatable bonds is 3. The Labute approximate surface area is 89.8 Å². The van der Waals surface area contributed by atoms with Gasteiger partial charge in [-0.3, -0.25) is 0 Å². The molecule has 0 amide bonds. The Morgan fingerprint density at radius 3 is 2.50 bits per heavy atom. The standard InChI is InChI=1S/C11H14O2S/c1-9(2)8-12-11(14)13-10-6-4-3-5-7-10/h3-7,9H,8H2,1-2H3. The Kier molecular flexibility index (Phi) is 4.40. The Morgan fingerprint density at radius 2 is 1.93 bits per heavy atom. The van der Waals surface area contributed by atoms with Gasteiger partial charge in [-0.15, -0.1) is 0 Å². The first kappa shape index (κ1) is 11.0. The minimum Gasteiger partial charge on any atom is -0.456 e. The van der Waals surface area contributed by atoms with Crippen molar-refractivity contribution < 1.29 is 9.47 Å². The molecule has 0 heterocycles. The van der Waals surface area contributed by atoms with E-state index in [4.69, 9.17) is 21.7 Å². The SMILES string of the molecule is CC(C)COC(=S)Oc1ccccc1. The number of hydrogen-bond donors (Lipinski definition) is 0. The van der Waals surface area contributed by atoms with Crippen molar-refractivity contribution in [3.63, 3.8) is 0 Å². The Morgan fingerprint density at radius 1 is 1.29 bits per heavy atom. The summed E-state index contributed by atoms with van der Waals surface area (Å²) in [5.74, 6) is 1.16. The molecule has 0 atom stereocenters. The first-order valence-corrected chi connectivity index (χ1v) is 4.99. The van der Waals surface area contributed by atoms with Crippen LogP contribution in [0.25, 0.3) is 0 Å². The number of para-hydroxylation sites is 1. The fourth-order valence-electron chi connectivity index (χ4n) is 0.849. The predicted molar refractivity (Wildman–Crippen MR) is 60.5 cm³/mol. The van der Waals surface area contributed by atoms with Crippen molar-refractivity contribution in [2.75, 3.05) is 6.61 Å². The summed E-state index contributed by atoms with van der Waals surface area (Å²) >= 11 is 4.91. The zero-order valence-electron chi connectivity index (χ0n) is 8.40. The van der Waals surface area contributed by atoms with Gasteiger partial charge in [0.15, 0.2) is 0 Å². The van der Waals surface area contributed by atoms with Crippen molar-refractivity contribution in [3.05, 3.63) is 30.3 Å². The van der Waals surface area contributed by atoms with Gasteiger partial charge in [0.05, 0.1) is 6.61 Å². The summed E-state index contributed by atoms with van der Waals surface area (Å²) < 4.78 is 10.5. The number of hydrogen-bond acceptors (Lipinski definition) is 3. The largest absolute Gasteiger partial charge is 0.456 e. The molecule has 0 spiro atoms. The van der Waals surface area contributed by atoms with E-state index in [1.54, 1.807) is 0 Å². The minimum absolute atomic E-state index is 0.185. The van der Waals surface area contributed by atoms with Crippen molar-refractivity contribution in [2.24, 2.45) is 5.92 Å². The highest BCUT2D eigenvalue weighted by molar-refractivity contribution is 7.79. The quantitative estimate of drug-likeness (QED) is 0.714. The summed E-state index contributed by atoms with van der Waals surface area (Å²) in [6.45, 7) is 4.71. The Balaban J connectivity index is 2.35. The molecule has 0 fully saturated rings. The van der Waals surface area contributed by atoms with E-state index >= 15 is 0 Å². The lowest BCUT2D eigenvalue weighted by atomic mass is 10.2. The van der Waals surface area contributed by atoms with Gasteiger partial charge in [0.1, 0.15) is 5.75 Å². The van der Waals surface area contributed by atoms with Crippen molar-refractivity contribution >= 4 is 17.5 Å². The topological polar surface area (TPSA) is 18.5 Å². The van der Waals surface area contributed by atoms with E-state index in [-0.39, 0.29) is 5.24 Å². The summed E-state index contributed by atoms with van der Waals surface area (Å²) in [7, 11) is 0. The van der Waals surface area contributed by atoms with Crippen molar-refractivity contribution in [2.45, 2.75) is 13.8 Å². The van der Waals surface area contributed by atoms with Gasteiger partial charge in [-0.25, -0.2) is 0 Å². The Bertz CT molecular complexity index is 283. The van der Waals surface area contributed by atoms with Crippen LogP contribution in [0, 0.1) is 5.92 Å². The van der Waals surface area contributed by atoms with Crippen LogP contribution in [-0.2, 0) is 4.74 Å². The highest BCUT2D eigenvalue weighted by Gasteiger charge is 2.01. The van der Waals surface area contributed by atoms with Crippen LogP contribution < -0.4 is 4.74 Å². The summed E-state index contributed by atoms with van der Waals surface area (Å²) in [6, 6.07) is 9.38. The minimum atomic E-state index is 0.185. The molecule has 1 aromatic carbocycles. The number of thiocarbonyl (C=S) groups is 1. The number of ether oxygens (including phenoxy) is 2. The molecule has 1 rings (SSSR count). The molecule has 14 heavy (non-hydrogen) atoms. The summed E-state index contributed by atoms with van der Waals surface area (Å²) in [5, 5.41) is 0.185. The van der Waals surface area contributed by atoms with Gasteiger partial charge >= 0.3 is 5.24 Å². The van der Waals surface area contributed by atoms with E-state index in [1.807, 2.05) is 30.3 Å². The third-order valence-corrected chi connectivity index (χ3v) is 1.68. The van der Waals surface area contributed by atoms with E-state index in [0.29, 0.717) is 18.3 Å². The summed E-state index contributed by atoms with van der Waals surface area (Å²) in [5.41, 5.74) is 0. The fraction of sp³-hybridized carbons (Fsp3) is 0.364. The molecule has 76 valence electrons. The third kappa shape index (κ3) is 4.23. The molecule has 0 saturated carbocycles. The predicted octanol–water partition coefficient (Wildman–Crippen LogP) is 3.02. The fourth-order valence-corrected chi connectivity index (χ4v) is 1.01. The van der Waals surface area contributed by atoms with Gasteiger partial charge in [0, 0.05) is 12.2 Å². The van der Waals surface area contributed by atoms with Gasteiger partial charge in [0.2, 0.25) is 0 Å². The van der Waals surface area contributed by atoms with Gasteiger partial charge in [-0.2, -0.15) is 0 Å². The van der Waals surface area contributed by atoms with Crippen LogP contribution in [0.2, 0.25) is 0 Å². The molecule has 0 aliphatic rings. The maximum absolute atomic E-state index is 5.27. The van der Waals surface area contributed by atoms with Crippen LogP contribution in [0.3, 0.4) is 0 Å². The summed E-state index contributed by atoms with van der Waals surface area (Å²) in [6.07, 6.45) is 0. The second kappa shape index (κ2) is 5.60. The average Bonchev–Trinajstić information content (AvgIpc) is 2.16. The molecule has 0 aliphatic heterocycles. The second-order valence-electron chi connectivity index (χ2n) is 3.37. The molecule has 0 bridgehead atoms. The van der Waals surface area contributed by atoms with Gasteiger partial charge < -0.3 is 9.47 Å². The van der Waals surface area contributed by atoms with Crippen molar-refractivity contribution in [3.8, 4) is 5.75 Å². The lowest BCUT2D eigenvalue weighted by Gasteiger charge is -2.09. The maximum Gasteiger partial charge on any atom is 0.357 e. The van der Waals surface area contributed by atoms with Gasteiger partial charge in [0.25, 0.3) is 0 Å². The first-order chi connectivity index (χ1) is 6.68. The highest BCUT2D eigenvalue weighted by atomic mass is 32.1. The van der Waals surface area contributed by atoms with Crippen LogP contribution in [-0.4, -0.2) is 11.8 Å². The van der Waals surface area contributed by atoms with Crippen LogP contribution in [0.15, 0.2) is 30.3 Å². The smallest absolute Gasteiger partial charge is 0.357 e. The molecule has 0 N–H and O–H groups in total. The molecule has 0 saturated heterocycles. The van der Waals surface area contributed by atoms with Crippen molar-refractivity contribution in [1.29, 1.82) is 0 Å². The molecule has 0 unspecified atom stereocenters. The van der Waals surface area contributed by atoms with Crippen LogP contribution in [0.5, 0.6) is 5.75 Å². The van der Waals surface area contributed by atoms with E-state index in [0.717, 1.165) is 0 Å². The average molecular weight is 210 g/mol. The maximum atomic E-state index is 5.27. The van der Waals surface area contributed by atoms with Gasteiger partial charge in [-0.05, 0) is 18.1 Å². The third-order valence-electron chi connectivity index (χ3n) is 1.48. The van der Waals surface area contributed by atoms with E-state index in [1.165, 1.54) is 0 Å². The molecular weight excluding hydrogens is 196 g/mol. The van der Waals surface area contributed by atoms with E-state index in [9.17, 15) is 0 Å².